The van der Waals surface area contributed by atoms with Gasteiger partial charge in [0.15, 0.2) is 14.9 Å². The van der Waals surface area contributed by atoms with E-state index in [1.54, 1.807) is 0 Å². The number of aliphatic hydroxyl groups is 1. The first-order valence-electron chi connectivity index (χ1n) is 4.61. The Morgan fingerprint density at radius 3 is 2.29 bits per heavy atom. The minimum absolute atomic E-state index is 0.238. The number of rotatable bonds is 4. The molecule has 1 rings (SSSR count). The average Bonchev–Trinajstić information content (AvgIpc) is 2.43. The SMILES string of the molecule is CS(=O)(=O)CS(=O)(=O)N1CC(O)CC1C(=O)O. The topological polar surface area (TPSA) is 129 Å². The summed E-state index contributed by atoms with van der Waals surface area (Å²) in [6.07, 6.45) is -0.587. The molecule has 17 heavy (non-hydrogen) atoms. The van der Waals surface area contributed by atoms with Crippen LogP contribution in [-0.2, 0) is 24.7 Å². The van der Waals surface area contributed by atoms with Crippen LogP contribution in [0.4, 0.5) is 0 Å². The standard InChI is InChI=1S/C7H13NO7S2/c1-16(12,13)4-17(14,15)8-3-5(9)2-6(8)7(10)11/h5-6,9H,2-4H2,1H3,(H,10,11). The van der Waals surface area contributed by atoms with E-state index in [0.29, 0.717) is 4.31 Å². The normalized spacial score (nSPS) is 27.2. The van der Waals surface area contributed by atoms with Gasteiger partial charge in [0.2, 0.25) is 10.0 Å². The van der Waals surface area contributed by atoms with Crippen LogP contribution >= 0.6 is 0 Å². The fourth-order valence-electron chi connectivity index (χ4n) is 1.65. The van der Waals surface area contributed by atoms with E-state index in [-0.39, 0.29) is 6.42 Å². The number of sulfonamides is 1. The Kier molecular flexibility index (Phi) is 3.81. The van der Waals surface area contributed by atoms with Gasteiger partial charge in [-0.1, -0.05) is 0 Å². The molecule has 0 spiro atoms. The Morgan fingerprint density at radius 2 is 1.88 bits per heavy atom. The summed E-state index contributed by atoms with van der Waals surface area (Å²) in [5.74, 6) is -1.40. The van der Waals surface area contributed by atoms with Crippen LogP contribution < -0.4 is 0 Å². The van der Waals surface area contributed by atoms with Gasteiger partial charge < -0.3 is 10.2 Å². The first-order chi connectivity index (χ1) is 7.53. The number of aliphatic carboxylic acids is 1. The molecule has 2 unspecified atom stereocenters. The molecule has 0 aromatic rings. The van der Waals surface area contributed by atoms with Gasteiger partial charge in [0, 0.05) is 19.2 Å². The largest absolute Gasteiger partial charge is 0.480 e. The average molecular weight is 287 g/mol. The maximum absolute atomic E-state index is 11.7. The van der Waals surface area contributed by atoms with Crippen LogP contribution in [0, 0.1) is 0 Å². The molecule has 10 heteroatoms. The Bertz CT molecular complexity index is 508. The number of carbonyl (C=O) groups is 1. The van der Waals surface area contributed by atoms with Crippen LogP contribution in [0.15, 0.2) is 0 Å². The highest BCUT2D eigenvalue weighted by molar-refractivity contribution is 8.06. The third-order valence-corrected chi connectivity index (χ3v) is 6.26. The third kappa shape index (κ3) is 3.63. The quantitative estimate of drug-likeness (QED) is 0.602. The number of nitrogens with zero attached hydrogens (tertiary/aromatic N) is 1. The zero-order valence-corrected chi connectivity index (χ0v) is 10.6. The molecule has 0 amide bonds. The molecule has 0 aromatic carbocycles. The van der Waals surface area contributed by atoms with Gasteiger partial charge in [-0.15, -0.1) is 0 Å². The van der Waals surface area contributed by atoms with Crippen molar-refractivity contribution in [2.24, 2.45) is 0 Å². The van der Waals surface area contributed by atoms with Crippen LogP contribution in [0.1, 0.15) is 6.42 Å². The second kappa shape index (κ2) is 4.52. The van der Waals surface area contributed by atoms with Gasteiger partial charge in [-0.05, 0) is 0 Å². The van der Waals surface area contributed by atoms with Gasteiger partial charge in [-0.25, -0.2) is 16.8 Å². The van der Waals surface area contributed by atoms with Crippen molar-refractivity contribution in [1.29, 1.82) is 0 Å². The molecule has 1 fully saturated rings. The Morgan fingerprint density at radius 1 is 1.35 bits per heavy atom. The zero-order chi connectivity index (χ0) is 13.4. The van der Waals surface area contributed by atoms with Gasteiger partial charge in [0.05, 0.1) is 6.10 Å². The van der Waals surface area contributed by atoms with E-state index in [1.165, 1.54) is 0 Å². The second-order valence-electron chi connectivity index (χ2n) is 3.97. The van der Waals surface area contributed by atoms with Crippen molar-refractivity contribution in [3.8, 4) is 0 Å². The lowest BCUT2D eigenvalue weighted by atomic mass is 10.2. The van der Waals surface area contributed by atoms with Gasteiger partial charge in [-0.2, -0.15) is 4.31 Å². The second-order valence-corrected chi connectivity index (χ2v) is 8.40. The molecular formula is C7H13NO7S2. The predicted octanol–water partition coefficient (Wildman–Crippen LogP) is -2.16. The lowest BCUT2D eigenvalue weighted by molar-refractivity contribution is -0.140. The minimum Gasteiger partial charge on any atom is -0.480 e. The van der Waals surface area contributed by atoms with Crippen molar-refractivity contribution in [1.82, 2.24) is 4.31 Å². The van der Waals surface area contributed by atoms with E-state index < -0.39 is 49.6 Å². The molecule has 1 saturated heterocycles. The predicted molar refractivity (Wildman–Crippen MR) is 57.4 cm³/mol. The fraction of sp³-hybridized carbons (Fsp3) is 0.857. The highest BCUT2D eigenvalue weighted by Gasteiger charge is 2.43. The molecule has 0 bridgehead atoms. The molecule has 2 N–H and O–H groups in total. The van der Waals surface area contributed by atoms with Crippen molar-refractivity contribution in [2.75, 3.05) is 17.9 Å². The summed E-state index contributed by atoms with van der Waals surface area (Å²) in [5, 5.41) is 16.9. The number of carboxylic acid groups (broad SMARTS) is 1. The van der Waals surface area contributed by atoms with E-state index >= 15 is 0 Å². The van der Waals surface area contributed by atoms with Gasteiger partial charge >= 0.3 is 5.97 Å². The highest BCUT2D eigenvalue weighted by atomic mass is 32.3. The number of carboxylic acids is 1. The Balaban J connectivity index is 3.02. The van der Waals surface area contributed by atoms with Crippen LogP contribution in [0.5, 0.6) is 0 Å². The Labute approximate surface area is 98.8 Å². The van der Waals surface area contributed by atoms with E-state index in [9.17, 15) is 26.7 Å². The van der Waals surface area contributed by atoms with Crippen LogP contribution in [-0.4, -0.2) is 67.4 Å². The lowest BCUT2D eigenvalue weighted by Crippen LogP contribution is -2.42. The summed E-state index contributed by atoms with van der Waals surface area (Å²) in [6.45, 7) is -0.394. The van der Waals surface area contributed by atoms with E-state index in [1.807, 2.05) is 0 Å². The minimum atomic E-state index is -4.24. The molecule has 0 aliphatic carbocycles. The molecule has 100 valence electrons. The molecule has 0 saturated carbocycles. The summed E-state index contributed by atoms with van der Waals surface area (Å²) < 4.78 is 45.8. The molecule has 0 aromatic heterocycles. The van der Waals surface area contributed by atoms with Crippen molar-refractivity contribution < 1.29 is 31.8 Å². The number of hydrogen-bond acceptors (Lipinski definition) is 6. The maximum atomic E-state index is 11.7. The Hall–Kier alpha value is -0.710. The lowest BCUT2D eigenvalue weighted by Gasteiger charge is -2.19. The maximum Gasteiger partial charge on any atom is 0.322 e. The van der Waals surface area contributed by atoms with E-state index in [4.69, 9.17) is 5.11 Å². The van der Waals surface area contributed by atoms with Crippen molar-refractivity contribution in [2.45, 2.75) is 18.6 Å². The first-order valence-corrected chi connectivity index (χ1v) is 8.28. The molecule has 1 heterocycles. The third-order valence-electron chi connectivity index (χ3n) is 2.24. The molecule has 0 radical (unpaired) electrons. The number of aliphatic hydroxyl groups excluding tert-OH is 1. The number of β-amino-alcohol motifs (C(OH)–C–C–N with tert-alkyl or cyclic N) is 1. The van der Waals surface area contributed by atoms with Gasteiger partial charge in [0.25, 0.3) is 0 Å². The summed E-state index contributed by atoms with van der Waals surface area (Å²) >= 11 is 0. The van der Waals surface area contributed by atoms with Crippen LogP contribution in [0.3, 0.4) is 0 Å². The monoisotopic (exact) mass is 287 g/mol. The molecule has 2 atom stereocenters. The summed E-state index contributed by atoms with van der Waals surface area (Å²) in [6, 6.07) is -1.41. The molecule has 1 aliphatic rings. The summed E-state index contributed by atoms with van der Waals surface area (Å²) in [4.78, 5) is 10.8. The van der Waals surface area contributed by atoms with Crippen molar-refractivity contribution >= 4 is 25.8 Å². The van der Waals surface area contributed by atoms with Crippen molar-refractivity contribution in [3.63, 3.8) is 0 Å². The van der Waals surface area contributed by atoms with E-state index in [0.717, 1.165) is 6.26 Å². The summed E-state index contributed by atoms with van der Waals surface area (Å²) in [7, 11) is -8.03. The van der Waals surface area contributed by atoms with Crippen LogP contribution in [0.2, 0.25) is 0 Å². The first kappa shape index (κ1) is 14.4. The number of sulfone groups is 1. The van der Waals surface area contributed by atoms with Crippen LogP contribution in [0.25, 0.3) is 0 Å². The fourth-order valence-corrected chi connectivity index (χ4v) is 5.32. The number of hydrogen-bond donors (Lipinski definition) is 2. The van der Waals surface area contributed by atoms with Gasteiger partial charge in [-0.3, -0.25) is 4.79 Å². The van der Waals surface area contributed by atoms with Crippen molar-refractivity contribution in [3.05, 3.63) is 0 Å². The molecular weight excluding hydrogens is 274 g/mol. The highest BCUT2D eigenvalue weighted by Crippen LogP contribution is 2.22. The summed E-state index contributed by atoms with van der Waals surface area (Å²) in [5.41, 5.74) is 0. The van der Waals surface area contributed by atoms with Gasteiger partial charge in [0.1, 0.15) is 6.04 Å². The zero-order valence-electron chi connectivity index (χ0n) is 8.98. The molecule has 8 nitrogen and oxygen atoms in total. The smallest absolute Gasteiger partial charge is 0.322 e. The molecule has 1 aliphatic heterocycles. The van der Waals surface area contributed by atoms with E-state index in [2.05, 4.69) is 0 Å².